The van der Waals surface area contributed by atoms with Crippen LogP contribution in [-0.2, 0) is 11.2 Å². The Kier molecular flexibility index (Phi) is 11.0. The van der Waals surface area contributed by atoms with E-state index in [-0.39, 0.29) is 5.97 Å². The molecule has 0 spiro atoms. The van der Waals surface area contributed by atoms with Crippen molar-refractivity contribution in [1.82, 2.24) is 9.38 Å². The summed E-state index contributed by atoms with van der Waals surface area (Å²) in [6.07, 6.45) is 20.7. The van der Waals surface area contributed by atoms with Gasteiger partial charge >= 0.3 is 5.97 Å². The van der Waals surface area contributed by atoms with Crippen molar-refractivity contribution >= 4 is 22.3 Å². The van der Waals surface area contributed by atoms with Gasteiger partial charge in [-0.15, -0.1) is 0 Å². The number of fused-ring (bicyclic) bond motifs is 1. The zero-order valence-corrected chi connectivity index (χ0v) is 21.3. The second-order valence-electron chi connectivity index (χ2n) is 9.05. The molecule has 0 radical (unpaired) electrons. The van der Waals surface area contributed by atoms with E-state index in [2.05, 4.69) is 30.6 Å². The van der Waals surface area contributed by atoms with Crippen molar-refractivity contribution in [2.24, 2.45) is 0 Å². The molecule has 2 heterocycles. The number of carbonyl (C=O) groups is 1. The largest absolute Gasteiger partial charge is 0.427 e. The zero-order valence-electron chi connectivity index (χ0n) is 20.5. The molecule has 180 valence electrons. The molecule has 0 fully saturated rings. The van der Waals surface area contributed by atoms with E-state index >= 15 is 0 Å². The first-order valence-electron chi connectivity index (χ1n) is 13.0. The monoisotopic (exact) mass is 468 g/mol. The fourth-order valence-electron chi connectivity index (χ4n) is 4.10. The molecule has 4 nitrogen and oxygen atoms in total. The average molecular weight is 469 g/mol. The second-order valence-corrected chi connectivity index (χ2v) is 10.1. The number of imidazole rings is 1. The molecule has 0 aliphatic carbocycles. The lowest BCUT2D eigenvalue weighted by Crippen LogP contribution is -2.07. The van der Waals surface area contributed by atoms with Gasteiger partial charge in [0.2, 0.25) is 0 Å². The molecule has 0 saturated carbocycles. The van der Waals surface area contributed by atoms with E-state index in [9.17, 15) is 4.79 Å². The van der Waals surface area contributed by atoms with Crippen molar-refractivity contribution in [2.75, 3.05) is 0 Å². The number of hydrogen-bond donors (Lipinski definition) is 0. The van der Waals surface area contributed by atoms with Gasteiger partial charge in [0.15, 0.2) is 4.96 Å². The lowest BCUT2D eigenvalue weighted by atomic mass is 10.1. The maximum absolute atomic E-state index is 12.1. The van der Waals surface area contributed by atoms with E-state index in [0.29, 0.717) is 12.2 Å². The number of aryl methyl sites for hydroxylation is 1. The highest BCUT2D eigenvalue weighted by Crippen LogP contribution is 2.30. The van der Waals surface area contributed by atoms with E-state index in [1.54, 1.807) is 11.3 Å². The number of rotatable bonds is 16. The molecular formula is C28H40N2O2S. The van der Waals surface area contributed by atoms with Crippen LogP contribution >= 0.6 is 11.3 Å². The normalized spacial score (nSPS) is 11.3. The highest BCUT2D eigenvalue weighted by molar-refractivity contribution is 7.20. The fraction of sp³-hybridized carbons (Fsp3) is 0.571. The van der Waals surface area contributed by atoms with E-state index in [1.165, 1.54) is 74.8 Å². The Balaban J connectivity index is 1.42. The van der Waals surface area contributed by atoms with Gasteiger partial charge in [0, 0.05) is 18.8 Å². The number of thiazole rings is 1. The van der Waals surface area contributed by atoms with Crippen LogP contribution in [0.3, 0.4) is 0 Å². The third-order valence-electron chi connectivity index (χ3n) is 6.10. The first-order chi connectivity index (χ1) is 16.2. The minimum atomic E-state index is -0.131. The third-order valence-corrected chi connectivity index (χ3v) is 7.14. The molecule has 33 heavy (non-hydrogen) atoms. The zero-order chi connectivity index (χ0) is 23.3. The molecule has 5 heteroatoms. The molecule has 1 aromatic carbocycles. The standard InChI is InChI=1S/C28H40N2O2S/c1-3-5-7-9-10-12-14-16-27(31)32-25-19-17-23(18-20-25)26-22-30-21-24(29-28(30)33-26)15-13-11-8-6-4-2/h17-22H,3-16H2,1-2H3. The molecule has 3 aromatic rings. The molecule has 0 saturated heterocycles. The van der Waals surface area contributed by atoms with Gasteiger partial charge < -0.3 is 4.74 Å². The topological polar surface area (TPSA) is 43.6 Å². The lowest BCUT2D eigenvalue weighted by Gasteiger charge is -2.05. The number of carbonyl (C=O) groups excluding carboxylic acids is 1. The fourth-order valence-corrected chi connectivity index (χ4v) is 5.09. The predicted molar refractivity (Wildman–Crippen MR) is 139 cm³/mol. The molecule has 0 aliphatic heterocycles. The first kappa shape index (κ1) is 25.5. The molecule has 0 N–H and O–H groups in total. The van der Waals surface area contributed by atoms with Gasteiger partial charge in [0.25, 0.3) is 0 Å². The third kappa shape index (κ3) is 8.62. The van der Waals surface area contributed by atoms with Crippen LogP contribution in [0, 0.1) is 0 Å². The Morgan fingerprint density at radius 2 is 1.48 bits per heavy atom. The van der Waals surface area contributed by atoms with Crippen molar-refractivity contribution in [3.8, 4) is 16.2 Å². The summed E-state index contributed by atoms with van der Waals surface area (Å²) in [5.41, 5.74) is 2.31. The SMILES string of the molecule is CCCCCCCCCC(=O)Oc1ccc(-c2cn3cc(CCCCCCC)nc3s2)cc1. The van der Waals surface area contributed by atoms with E-state index in [4.69, 9.17) is 9.72 Å². The highest BCUT2D eigenvalue weighted by Gasteiger charge is 2.10. The number of nitrogens with zero attached hydrogens (tertiary/aromatic N) is 2. The number of aromatic nitrogens is 2. The van der Waals surface area contributed by atoms with Crippen molar-refractivity contribution in [3.05, 3.63) is 42.4 Å². The minimum absolute atomic E-state index is 0.131. The van der Waals surface area contributed by atoms with Gasteiger partial charge in [-0.3, -0.25) is 9.20 Å². The van der Waals surface area contributed by atoms with Gasteiger partial charge in [0.05, 0.1) is 10.6 Å². The molecule has 0 amide bonds. The Bertz CT molecular complexity index is 927. The Labute approximate surface area is 203 Å². The molecule has 0 bridgehead atoms. The summed E-state index contributed by atoms with van der Waals surface area (Å²) >= 11 is 1.70. The van der Waals surface area contributed by atoms with Crippen molar-refractivity contribution in [2.45, 2.75) is 104 Å². The van der Waals surface area contributed by atoms with Gasteiger partial charge in [0.1, 0.15) is 5.75 Å². The van der Waals surface area contributed by atoms with Crippen molar-refractivity contribution < 1.29 is 9.53 Å². The van der Waals surface area contributed by atoms with Crippen LogP contribution in [0.25, 0.3) is 15.4 Å². The Morgan fingerprint density at radius 3 is 2.15 bits per heavy atom. The first-order valence-corrected chi connectivity index (χ1v) is 13.8. The number of ether oxygens (including phenoxy) is 1. The van der Waals surface area contributed by atoms with Crippen LogP contribution < -0.4 is 4.74 Å². The molecule has 0 aliphatic rings. The predicted octanol–water partition coefficient (Wildman–Crippen LogP) is 8.62. The molecule has 0 atom stereocenters. The molecule has 3 rings (SSSR count). The van der Waals surface area contributed by atoms with Crippen LogP contribution in [0.15, 0.2) is 36.7 Å². The van der Waals surface area contributed by atoms with Crippen LogP contribution in [0.5, 0.6) is 5.75 Å². The van der Waals surface area contributed by atoms with Gasteiger partial charge in [-0.05, 0) is 49.1 Å². The van der Waals surface area contributed by atoms with Crippen LogP contribution in [0.4, 0.5) is 0 Å². The van der Waals surface area contributed by atoms with Gasteiger partial charge in [-0.25, -0.2) is 4.98 Å². The molecule has 0 unspecified atom stereocenters. The summed E-state index contributed by atoms with van der Waals surface area (Å²) in [7, 11) is 0. The maximum Gasteiger partial charge on any atom is 0.311 e. The summed E-state index contributed by atoms with van der Waals surface area (Å²) < 4.78 is 7.66. The van der Waals surface area contributed by atoms with Crippen molar-refractivity contribution in [1.29, 1.82) is 0 Å². The number of hydrogen-bond acceptors (Lipinski definition) is 4. The maximum atomic E-state index is 12.1. The summed E-state index contributed by atoms with van der Waals surface area (Å²) in [6, 6.07) is 7.83. The number of unbranched alkanes of at least 4 members (excludes halogenated alkanes) is 10. The van der Waals surface area contributed by atoms with Crippen LogP contribution in [0.2, 0.25) is 0 Å². The van der Waals surface area contributed by atoms with E-state index in [1.807, 2.05) is 24.3 Å². The smallest absolute Gasteiger partial charge is 0.311 e. The lowest BCUT2D eigenvalue weighted by molar-refractivity contribution is -0.134. The van der Waals surface area contributed by atoms with Crippen LogP contribution in [0.1, 0.15) is 103 Å². The quantitative estimate of drug-likeness (QED) is 0.120. The number of benzene rings is 1. The Hall–Kier alpha value is -2.14. The molecular weight excluding hydrogens is 428 g/mol. The summed E-state index contributed by atoms with van der Waals surface area (Å²) in [5, 5.41) is 0. The second kappa shape index (κ2) is 14.2. The Morgan fingerprint density at radius 1 is 0.848 bits per heavy atom. The summed E-state index contributed by atoms with van der Waals surface area (Å²) in [6.45, 7) is 4.48. The summed E-state index contributed by atoms with van der Waals surface area (Å²) in [5.74, 6) is 0.492. The molecule has 2 aromatic heterocycles. The number of esters is 1. The minimum Gasteiger partial charge on any atom is -0.427 e. The van der Waals surface area contributed by atoms with Crippen molar-refractivity contribution in [3.63, 3.8) is 0 Å². The van der Waals surface area contributed by atoms with E-state index in [0.717, 1.165) is 29.8 Å². The summed E-state index contributed by atoms with van der Waals surface area (Å²) in [4.78, 5) is 19.1. The highest BCUT2D eigenvalue weighted by atomic mass is 32.1. The van der Waals surface area contributed by atoms with Gasteiger partial charge in [-0.2, -0.15) is 0 Å². The van der Waals surface area contributed by atoms with Crippen LogP contribution in [-0.4, -0.2) is 15.4 Å². The average Bonchev–Trinajstić information content (AvgIpc) is 3.38. The van der Waals surface area contributed by atoms with E-state index < -0.39 is 0 Å². The van der Waals surface area contributed by atoms with Gasteiger partial charge in [-0.1, -0.05) is 89.4 Å².